The Hall–Kier alpha value is -1.76. The van der Waals surface area contributed by atoms with Crippen molar-refractivity contribution in [3.63, 3.8) is 0 Å². The molecule has 1 aliphatic rings. The van der Waals surface area contributed by atoms with Gasteiger partial charge in [-0.05, 0) is 25.3 Å². The Morgan fingerprint density at radius 1 is 1.30 bits per heavy atom. The van der Waals surface area contributed by atoms with Gasteiger partial charge < -0.3 is 15.2 Å². The maximum Gasteiger partial charge on any atom is 0.154 e. The molecular formula is C17H24N4O2. The lowest BCUT2D eigenvalue weighted by Crippen LogP contribution is -2.21. The summed E-state index contributed by atoms with van der Waals surface area (Å²) in [5, 5.41) is 20.7. The summed E-state index contributed by atoms with van der Waals surface area (Å²) in [4.78, 5) is 4.55. The number of nitrogens with zero attached hydrogens (tertiary/aromatic N) is 2. The summed E-state index contributed by atoms with van der Waals surface area (Å²) >= 11 is 0. The van der Waals surface area contributed by atoms with Crippen LogP contribution in [0.5, 0.6) is 0 Å². The van der Waals surface area contributed by atoms with Gasteiger partial charge in [0.05, 0.1) is 12.6 Å². The van der Waals surface area contributed by atoms with Crippen molar-refractivity contribution < 1.29 is 9.84 Å². The van der Waals surface area contributed by atoms with Gasteiger partial charge in [-0.2, -0.15) is 5.10 Å². The number of hydrogen-bond donors (Lipinski definition) is 3. The first-order valence-corrected chi connectivity index (χ1v) is 8.16. The number of hydrogen-bond acceptors (Lipinski definition) is 5. The predicted molar refractivity (Wildman–Crippen MR) is 87.0 cm³/mol. The number of aryl methyl sites for hydroxylation is 1. The molecule has 0 aliphatic carbocycles. The molecule has 1 aliphatic heterocycles. The Morgan fingerprint density at radius 2 is 2.04 bits per heavy atom. The average Bonchev–Trinajstić information content (AvgIpc) is 3.05. The van der Waals surface area contributed by atoms with E-state index in [0.717, 1.165) is 43.3 Å². The predicted octanol–water partition coefficient (Wildman–Crippen LogP) is 1.83. The van der Waals surface area contributed by atoms with Crippen molar-refractivity contribution in [2.75, 3.05) is 19.8 Å². The monoisotopic (exact) mass is 316 g/mol. The lowest BCUT2D eigenvalue weighted by molar-refractivity contribution is 0.0836. The molecule has 1 aromatic carbocycles. The SMILES string of the molecule is Cc1ccc(C(O)CNCc2nc(C3CCOCC3)n[nH]2)cc1. The lowest BCUT2D eigenvalue weighted by atomic mass is 10.00. The number of H-pyrrole nitrogens is 1. The fourth-order valence-electron chi connectivity index (χ4n) is 2.76. The molecule has 0 bridgehead atoms. The number of nitrogens with one attached hydrogen (secondary N) is 2. The van der Waals surface area contributed by atoms with Crippen LogP contribution in [0, 0.1) is 6.92 Å². The van der Waals surface area contributed by atoms with Crippen molar-refractivity contribution in [2.45, 2.75) is 38.3 Å². The molecule has 1 aromatic heterocycles. The van der Waals surface area contributed by atoms with Gasteiger partial charge in [0, 0.05) is 25.7 Å². The van der Waals surface area contributed by atoms with E-state index in [1.165, 1.54) is 5.56 Å². The van der Waals surface area contributed by atoms with Crippen molar-refractivity contribution in [1.29, 1.82) is 0 Å². The van der Waals surface area contributed by atoms with Crippen molar-refractivity contribution in [3.05, 3.63) is 47.0 Å². The van der Waals surface area contributed by atoms with Crippen LogP contribution in [-0.2, 0) is 11.3 Å². The van der Waals surface area contributed by atoms with Gasteiger partial charge in [-0.3, -0.25) is 5.10 Å². The van der Waals surface area contributed by atoms with E-state index in [0.29, 0.717) is 19.0 Å². The first-order valence-electron chi connectivity index (χ1n) is 8.16. The second kappa shape index (κ2) is 7.68. The molecule has 0 saturated carbocycles. The minimum Gasteiger partial charge on any atom is -0.387 e. The van der Waals surface area contributed by atoms with Crippen LogP contribution in [0.25, 0.3) is 0 Å². The third kappa shape index (κ3) is 4.37. The zero-order valence-electron chi connectivity index (χ0n) is 13.5. The van der Waals surface area contributed by atoms with Gasteiger partial charge in [0.2, 0.25) is 0 Å². The Bertz CT molecular complexity index is 605. The van der Waals surface area contributed by atoms with Crippen LogP contribution in [0.2, 0.25) is 0 Å². The highest BCUT2D eigenvalue weighted by molar-refractivity contribution is 5.23. The summed E-state index contributed by atoms with van der Waals surface area (Å²) in [5.74, 6) is 2.08. The number of benzene rings is 1. The molecule has 23 heavy (non-hydrogen) atoms. The molecule has 0 spiro atoms. The van der Waals surface area contributed by atoms with Gasteiger partial charge in [-0.15, -0.1) is 0 Å². The van der Waals surface area contributed by atoms with Gasteiger partial charge in [0.25, 0.3) is 0 Å². The quantitative estimate of drug-likeness (QED) is 0.757. The van der Waals surface area contributed by atoms with E-state index in [2.05, 4.69) is 20.5 Å². The van der Waals surface area contributed by atoms with E-state index in [9.17, 15) is 5.11 Å². The molecule has 3 N–H and O–H groups in total. The van der Waals surface area contributed by atoms with Crippen molar-refractivity contribution in [2.24, 2.45) is 0 Å². The standard InChI is InChI=1S/C17H24N4O2/c1-12-2-4-13(5-3-12)15(22)10-18-11-16-19-17(21-20-16)14-6-8-23-9-7-14/h2-5,14-15,18,22H,6-11H2,1H3,(H,19,20,21). The molecule has 6 heteroatoms. The summed E-state index contributed by atoms with van der Waals surface area (Å²) in [6, 6.07) is 7.93. The molecule has 1 fully saturated rings. The average molecular weight is 316 g/mol. The van der Waals surface area contributed by atoms with Crippen LogP contribution in [0.3, 0.4) is 0 Å². The second-order valence-electron chi connectivity index (χ2n) is 6.08. The fourth-order valence-corrected chi connectivity index (χ4v) is 2.76. The number of aliphatic hydroxyl groups excluding tert-OH is 1. The maximum absolute atomic E-state index is 10.2. The molecular weight excluding hydrogens is 292 g/mol. The molecule has 6 nitrogen and oxygen atoms in total. The second-order valence-corrected chi connectivity index (χ2v) is 6.08. The third-order valence-corrected chi connectivity index (χ3v) is 4.23. The summed E-state index contributed by atoms with van der Waals surface area (Å²) in [5.41, 5.74) is 2.11. The normalized spacial score (nSPS) is 17.3. The highest BCUT2D eigenvalue weighted by atomic mass is 16.5. The van der Waals surface area contributed by atoms with Crippen LogP contribution in [-0.4, -0.2) is 40.0 Å². The molecule has 0 amide bonds. The molecule has 1 atom stereocenters. The maximum atomic E-state index is 10.2. The van der Waals surface area contributed by atoms with Crippen LogP contribution in [0.4, 0.5) is 0 Å². The fraction of sp³-hybridized carbons (Fsp3) is 0.529. The highest BCUT2D eigenvalue weighted by Gasteiger charge is 2.20. The molecule has 1 saturated heterocycles. The van der Waals surface area contributed by atoms with E-state index in [4.69, 9.17) is 4.74 Å². The lowest BCUT2D eigenvalue weighted by Gasteiger charge is -2.18. The highest BCUT2D eigenvalue weighted by Crippen LogP contribution is 2.23. The number of aromatic nitrogens is 3. The first-order chi connectivity index (χ1) is 11.2. The molecule has 2 heterocycles. The number of aromatic amines is 1. The Morgan fingerprint density at radius 3 is 2.78 bits per heavy atom. The zero-order chi connectivity index (χ0) is 16.1. The molecule has 0 radical (unpaired) electrons. The molecule has 3 rings (SSSR count). The van der Waals surface area contributed by atoms with E-state index >= 15 is 0 Å². The smallest absolute Gasteiger partial charge is 0.154 e. The Labute approximate surface area is 136 Å². The zero-order valence-corrected chi connectivity index (χ0v) is 13.5. The Balaban J connectivity index is 1.47. The number of aliphatic hydroxyl groups is 1. The molecule has 124 valence electrons. The van der Waals surface area contributed by atoms with Crippen LogP contribution >= 0.6 is 0 Å². The van der Waals surface area contributed by atoms with Crippen molar-refractivity contribution in [1.82, 2.24) is 20.5 Å². The van der Waals surface area contributed by atoms with E-state index in [-0.39, 0.29) is 0 Å². The number of rotatable bonds is 6. The van der Waals surface area contributed by atoms with Crippen molar-refractivity contribution in [3.8, 4) is 0 Å². The minimum atomic E-state index is -0.520. The number of ether oxygens (including phenoxy) is 1. The third-order valence-electron chi connectivity index (χ3n) is 4.23. The summed E-state index contributed by atoms with van der Waals surface area (Å²) in [6.07, 6.45) is 1.45. The van der Waals surface area contributed by atoms with E-state index in [1.807, 2.05) is 31.2 Å². The van der Waals surface area contributed by atoms with Gasteiger partial charge in [-0.25, -0.2) is 4.98 Å². The summed E-state index contributed by atoms with van der Waals surface area (Å²) < 4.78 is 5.36. The van der Waals surface area contributed by atoms with Crippen LogP contribution < -0.4 is 5.32 Å². The topological polar surface area (TPSA) is 83.1 Å². The molecule has 2 aromatic rings. The largest absolute Gasteiger partial charge is 0.387 e. The van der Waals surface area contributed by atoms with Crippen LogP contribution in [0.1, 0.15) is 47.6 Å². The molecule has 1 unspecified atom stereocenters. The van der Waals surface area contributed by atoms with E-state index in [1.54, 1.807) is 0 Å². The summed E-state index contributed by atoms with van der Waals surface area (Å²) in [6.45, 7) is 4.66. The van der Waals surface area contributed by atoms with Gasteiger partial charge in [-0.1, -0.05) is 29.8 Å². The van der Waals surface area contributed by atoms with Gasteiger partial charge in [0.15, 0.2) is 5.82 Å². The minimum absolute atomic E-state index is 0.395. The van der Waals surface area contributed by atoms with Gasteiger partial charge in [0.1, 0.15) is 5.82 Å². The Kier molecular flexibility index (Phi) is 5.38. The van der Waals surface area contributed by atoms with Crippen molar-refractivity contribution >= 4 is 0 Å². The summed E-state index contributed by atoms with van der Waals surface area (Å²) in [7, 11) is 0. The van der Waals surface area contributed by atoms with Gasteiger partial charge >= 0.3 is 0 Å². The van der Waals surface area contributed by atoms with E-state index < -0.39 is 6.10 Å². The van der Waals surface area contributed by atoms with Crippen LogP contribution in [0.15, 0.2) is 24.3 Å². The first kappa shape index (κ1) is 16.1.